The molecule has 1 aromatic rings. The lowest BCUT2D eigenvalue weighted by molar-refractivity contribution is 0.156. The van der Waals surface area contributed by atoms with Crippen molar-refractivity contribution < 1.29 is 8.78 Å². The highest BCUT2D eigenvalue weighted by Gasteiger charge is 2.31. The maximum absolute atomic E-state index is 14.8. The van der Waals surface area contributed by atoms with Crippen molar-refractivity contribution >= 4 is 5.83 Å². The van der Waals surface area contributed by atoms with Gasteiger partial charge in [0.05, 0.1) is 0 Å². The van der Waals surface area contributed by atoms with Crippen molar-refractivity contribution in [2.45, 2.75) is 103 Å². The first-order chi connectivity index (χ1) is 14.1. The Morgan fingerprint density at radius 1 is 0.931 bits per heavy atom. The van der Waals surface area contributed by atoms with Crippen molar-refractivity contribution in [3.8, 4) is 0 Å². The Hall–Kier alpha value is -1.18. The molecule has 0 unspecified atom stereocenters. The van der Waals surface area contributed by atoms with Crippen LogP contribution in [-0.4, -0.2) is 0 Å². The predicted octanol–water partition coefficient (Wildman–Crippen LogP) is 9.21. The van der Waals surface area contributed by atoms with Crippen LogP contribution in [0.3, 0.4) is 0 Å². The van der Waals surface area contributed by atoms with Gasteiger partial charge in [0.1, 0.15) is 11.6 Å². The molecule has 0 atom stereocenters. The van der Waals surface area contributed by atoms with Gasteiger partial charge in [-0.3, -0.25) is 0 Å². The minimum atomic E-state index is -0.286. The van der Waals surface area contributed by atoms with Crippen LogP contribution in [0.15, 0.2) is 24.3 Å². The van der Waals surface area contributed by atoms with Gasteiger partial charge in [0.25, 0.3) is 0 Å². The Bertz CT molecular complexity index is 647. The normalized spacial score (nSPS) is 28.5. The molecule has 2 saturated carbocycles. The summed E-state index contributed by atoms with van der Waals surface area (Å²) >= 11 is 0. The van der Waals surface area contributed by atoms with E-state index in [1.165, 1.54) is 57.4 Å². The van der Waals surface area contributed by atoms with Gasteiger partial charge < -0.3 is 0 Å². The van der Waals surface area contributed by atoms with Crippen LogP contribution in [0, 0.1) is 23.6 Å². The summed E-state index contributed by atoms with van der Waals surface area (Å²) in [5.41, 5.74) is 1.19. The number of rotatable bonds is 8. The van der Waals surface area contributed by atoms with E-state index in [0.29, 0.717) is 11.5 Å². The topological polar surface area (TPSA) is 0 Å². The average molecular weight is 403 g/mol. The fourth-order valence-corrected chi connectivity index (χ4v) is 5.82. The molecule has 0 amide bonds. The molecule has 0 nitrogen and oxygen atoms in total. The third-order valence-corrected chi connectivity index (χ3v) is 7.62. The van der Waals surface area contributed by atoms with E-state index in [1.807, 2.05) is 6.07 Å². The molecule has 0 spiro atoms. The Labute approximate surface area is 177 Å². The van der Waals surface area contributed by atoms with Gasteiger partial charge in [-0.05, 0) is 92.7 Å². The summed E-state index contributed by atoms with van der Waals surface area (Å²) in [4.78, 5) is 0. The van der Waals surface area contributed by atoms with Crippen LogP contribution in [0.1, 0.15) is 114 Å². The third-order valence-electron chi connectivity index (χ3n) is 7.62. The van der Waals surface area contributed by atoms with Crippen LogP contribution in [0.5, 0.6) is 0 Å². The highest BCUT2D eigenvalue weighted by Crippen LogP contribution is 2.45. The largest absolute Gasteiger partial charge is 0.207 e. The Morgan fingerprint density at radius 3 is 2.17 bits per heavy atom. The molecule has 2 aliphatic rings. The molecule has 2 heteroatoms. The van der Waals surface area contributed by atoms with Crippen molar-refractivity contribution in [3.63, 3.8) is 0 Å². The lowest BCUT2D eigenvalue weighted by Crippen LogP contribution is -2.25. The van der Waals surface area contributed by atoms with Crippen molar-refractivity contribution in [2.24, 2.45) is 17.8 Å². The molecule has 2 aliphatic carbocycles. The zero-order chi connectivity index (χ0) is 20.6. The highest BCUT2D eigenvalue weighted by molar-refractivity contribution is 5.59. The quantitative estimate of drug-likeness (QED) is 0.380. The minimum absolute atomic E-state index is 0.218. The van der Waals surface area contributed by atoms with E-state index in [4.69, 9.17) is 0 Å². The number of halogens is 2. The molecule has 0 heterocycles. The maximum atomic E-state index is 14.8. The molecule has 29 heavy (non-hydrogen) atoms. The van der Waals surface area contributed by atoms with Crippen molar-refractivity contribution in [2.75, 3.05) is 0 Å². The van der Waals surface area contributed by atoms with Gasteiger partial charge in [0.15, 0.2) is 0 Å². The van der Waals surface area contributed by atoms with Gasteiger partial charge in [-0.1, -0.05) is 58.1 Å². The number of benzene rings is 1. The monoisotopic (exact) mass is 402 g/mol. The molecular weight excluding hydrogens is 362 g/mol. The van der Waals surface area contributed by atoms with E-state index in [9.17, 15) is 8.78 Å². The second kappa shape index (κ2) is 11.3. The van der Waals surface area contributed by atoms with Gasteiger partial charge in [-0.25, -0.2) is 8.78 Å². The SMILES string of the molecule is CCCC/C=C(/F)c1ccc(C2CCC([C@H]3CC[C@H](CCC)CC3)CC2)c(F)c1. The van der Waals surface area contributed by atoms with E-state index in [-0.39, 0.29) is 11.6 Å². The summed E-state index contributed by atoms with van der Waals surface area (Å²) in [6.07, 6.45) is 17.4. The number of hydrogen-bond donors (Lipinski definition) is 0. The first-order valence-electron chi connectivity index (χ1n) is 12.3. The van der Waals surface area contributed by atoms with Crippen molar-refractivity contribution in [1.29, 1.82) is 0 Å². The molecule has 0 saturated heterocycles. The lowest BCUT2D eigenvalue weighted by atomic mass is 9.68. The summed E-state index contributed by atoms with van der Waals surface area (Å²) in [6, 6.07) is 5.03. The van der Waals surface area contributed by atoms with E-state index in [2.05, 4.69) is 13.8 Å². The van der Waals surface area contributed by atoms with Crippen LogP contribution in [0.4, 0.5) is 8.78 Å². The molecule has 0 aliphatic heterocycles. The first kappa shape index (κ1) is 22.5. The fourth-order valence-electron chi connectivity index (χ4n) is 5.82. The number of unbranched alkanes of at least 4 members (excludes halogenated alkanes) is 2. The van der Waals surface area contributed by atoms with Crippen LogP contribution in [0.25, 0.3) is 5.83 Å². The van der Waals surface area contributed by atoms with Crippen LogP contribution in [0.2, 0.25) is 0 Å². The fraction of sp³-hybridized carbons (Fsp3) is 0.704. The van der Waals surface area contributed by atoms with Gasteiger partial charge >= 0.3 is 0 Å². The summed E-state index contributed by atoms with van der Waals surface area (Å²) in [7, 11) is 0. The Balaban J connectivity index is 1.52. The zero-order valence-corrected chi connectivity index (χ0v) is 18.6. The van der Waals surface area contributed by atoms with Gasteiger partial charge in [0.2, 0.25) is 0 Å². The predicted molar refractivity (Wildman–Crippen MR) is 120 cm³/mol. The standard InChI is InChI=1S/C27H40F2/c1-3-5-6-8-26(28)24-17-18-25(27(29)19-24)23-15-13-22(14-16-23)21-11-9-20(7-4-2)10-12-21/h8,17-23H,3-7,9-16H2,1-2H3/b26-8+/t20-,21-,22?,23?. The molecule has 162 valence electrons. The van der Waals surface area contributed by atoms with E-state index >= 15 is 0 Å². The molecule has 0 aromatic heterocycles. The minimum Gasteiger partial charge on any atom is -0.207 e. The molecule has 0 N–H and O–H groups in total. The Morgan fingerprint density at radius 2 is 1.59 bits per heavy atom. The lowest BCUT2D eigenvalue weighted by Gasteiger charge is -2.38. The summed E-state index contributed by atoms with van der Waals surface area (Å²) in [5, 5.41) is 0. The summed E-state index contributed by atoms with van der Waals surface area (Å²) < 4.78 is 29.0. The number of allylic oxidation sites excluding steroid dienone is 1. The van der Waals surface area contributed by atoms with Crippen LogP contribution >= 0.6 is 0 Å². The second-order valence-corrected chi connectivity index (χ2v) is 9.61. The smallest absolute Gasteiger partial charge is 0.127 e. The van der Waals surface area contributed by atoms with Gasteiger partial charge in [0, 0.05) is 5.56 Å². The van der Waals surface area contributed by atoms with Crippen molar-refractivity contribution in [1.82, 2.24) is 0 Å². The van der Waals surface area contributed by atoms with E-state index < -0.39 is 0 Å². The summed E-state index contributed by atoms with van der Waals surface area (Å²) in [5.74, 6) is 2.52. The average Bonchev–Trinajstić information content (AvgIpc) is 2.75. The Kier molecular flexibility index (Phi) is 8.75. The van der Waals surface area contributed by atoms with Crippen LogP contribution < -0.4 is 0 Å². The highest BCUT2D eigenvalue weighted by atomic mass is 19.1. The third kappa shape index (κ3) is 6.15. The molecule has 0 bridgehead atoms. The zero-order valence-electron chi connectivity index (χ0n) is 18.6. The molecule has 1 aromatic carbocycles. The van der Waals surface area contributed by atoms with E-state index in [1.54, 1.807) is 12.1 Å². The van der Waals surface area contributed by atoms with E-state index in [0.717, 1.165) is 55.4 Å². The molecule has 3 rings (SSSR count). The van der Waals surface area contributed by atoms with Crippen molar-refractivity contribution in [3.05, 3.63) is 41.2 Å². The molecule has 0 radical (unpaired) electrons. The summed E-state index contributed by atoms with van der Waals surface area (Å²) in [6.45, 7) is 4.39. The number of hydrogen-bond acceptors (Lipinski definition) is 0. The van der Waals surface area contributed by atoms with Crippen LogP contribution in [-0.2, 0) is 0 Å². The first-order valence-corrected chi connectivity index (χ1v) is 12.3. The second-order valence-electron chi connectivity index (χ2n) is 9.61. The molecule has 2 fully saturated rings. The van der Waals surface area contributed by atoms with Gasteiger partial charge in [-0.15, -0.1) is 0 Å². The molecular formula is C27H40F2. The van der Waals surface area contributed by atoms with Gasteiger partial charge in [-0.2, -0.15) is 0 Å². The maximum Gasteiger partial charge on any atom is 0.127 e.